The van der Waals surface area contributed by atoms with E-state index < -0.39 is 0 Å². The molecule has 1 heterocycles. The van der Waals surface area contributed by atoms with Crippen molar-refractivity contribution < 1.29 is 4.39 Å². The summed E-state index contributed by atoms with van der Waals surface area (Å²) in [4.78, 5) is 4.37. The van der Waals surface area contributed by atoms with E-state index in [1.165, 1.54) is 6.07 Å². The molecular weight excluding hydrogens is 177 g/mol. The first-order valence-corrected chi connectivity index (χ1v) is 4.99. The highest BCUT2D eigenvalue weighted by molar-refractivity contribution is 5.21. The second kappa shape index (κ2) is 3.68. The van der Waals surface area contributed by atoms with Crippen molar-refractivity contribution in [2.75, 3.05) is 0 Å². The molecule has 0 N–H and O–H groups in total. The number of hydrogen-bond acceptors (Lipinski definition) is 1. The molecule has 78 valence electrons. The van der Waals surface area contributed by atoms with Crippen molar-refractivity contribution in [1.82, 2.24) is 4.98 Å². The Morgan fingerprint density at radius 3 is 2.21 bits per heavy atom. The van der Waals surface area contributed by atoms with Crippen LogP contribution < -0.4 is 0 Å². The van der Waals surface area contributed by atoms with E-state index in [0.717, 1.165) is 5.69 Å². The zero-order valence-electron chi connectivity index (χ0n) is 9.56. The van der Waals surface area contributed by atoms with Gasteiger partial charge in [-0.25, -0.2) is 4.39 Å². The van der Waals surface area contributed by atoms with E-state index in [1.54, 1.807) is 6.07 Å². The summed E-state index contributed by atoms with van der Waals surface area (Å²) >= 11 is 0. The van der Waals surface area contributed by atoms with Gasteiger partial charge >= 0.3 is 0 Å². The average Bonchev–Trinajstić information content (AvgIpc) is 2.02. The van der Waals surface area contributed by atoms with Crippen molar-refractivity contribution in [2.24, 2.45) is 0 Å². The summed E-state index contributed by atoms with van der Waals surface area (Å²) < 4.78 is 13.5. The van der Waals surface area contributed by atoms with Crippen LogP contribution in [-0.2, 0) is 5.41 Å². The minimum atomic E-state index is -0.227. The minimum absolute atomic E-state index is 0.207. The Morgan fingerprint density at radius 2 is 1.79 bits per heavy atom. The highest BCUT2D eigenvalue weighted by Gasteiger charge is 2.20. The molecule has 1 aromatic rings. The van der Waals surface area contributed by atoms with Crippen LogP contribution in [0.15, 0.2) is 12.1 Å². The summed E-state index contributed by atoms with van der Waals surface area (Å²) in [5.74, 6) is 0.138. The number of rotatable bonds is 1. The standard InChI is InChI=1S/C12H18FN/c1-8(2)10-7-6-9(13)11(14-10)12(3,4)5/h6-8H,1-5H3. The van der Waals surface area contributed by atoms with Crippen LogP contribution in [0.2, 0.25) is 0 Å². The predicted octanol–water partition coefficient (Wildman–Crippen LogP) is 3.64. The highest BCUT2D eigenvalue weighted by Crippen LogP contribution is 2.24. The van der Waals surface area contributed by atoms with Gasteiger partial charge in [0.05, 0.1) is 5.69 Å². The van der Waals surface area contributed by atoms with Crippen molar-refractivity contribution in [2.45, 2.75) is 46.0 Å². The fourth-order valence-corrected chi connectivity index (χ4v) is 1.30. The number of hydrogen-bond donors (Lipinski definition) is 0. The topological polar surface area (TPSA) is 12.9 Å². The first kappa shape index (κ1) is 11.2. The monoisotopic (exact) mass is 195 g/mol. The molecule has 0 amide bonds. The van der Waals surface area contributed by atoms with Crippen LogP contribution in [0, 0.1) is 5.82 Å². The van der Waals surface area contributed by atoms with Crippen LogP contribution in [0.3, 0.4) is 0 Å². The minimum Gasteiger partial charge on any atom is -0.254 e. The Bertz CT molecular complexity index is 324. The van der Waals surface area contributed by atoms with Crippen molar-refractivity contribution in [3.63, 3.8) is 0 Å². The molecule has 1 aromatic heterocycles. The lowest BCUT2D eigenvalue weighted by atomic mass is 9.90. The summed E-state index contributed by atoms with van der Waals surface area (Å²) in [5.41, 5.74) is 1.29. The van der Waals surface area contributed by atoms with E-state index in [4.69, 9.17) is 0 Å². The Balaban J connectivity index is 3.22. The molecule has 0 aliphatic rings. The Hall–Kier alpha value is -0.920. The molecule has 0 radical (unpaired) electrons. The number of aromatic nitrogens is 1. The third-order valence-corrected chi connectivity index (χ3v) is 2.17. The summed E-state index contributed by atoms with van der Waals surface area (Å²) in [7, 11) is 0. The smallest absolute Gasteiger partial charge is 0.145 e. The average molecular weight is 195 g/mol. The number of nitrogens with zero attached hydrogens (tertiary/aromatic N) is 1. The van der Waals surface area contributed by atoms with E-state index in [0.29, 0.717) is 11.6 Å². The van der Waals surface area contributed by atoms with Gasteiger partial charge in [-0.3, -0.25) is 4.98 Å². The normalized spacial score (nSPS) is 12.2. The molecule has 0 bridgehead atoms. The number of halogens is 1. The van der Waals surface area contributed by atoms with E-state index in [-0.39, 0.29) is 11.2 Å². The van der Waals surface area contributed by atoms with Crippen LogP contribution in [0.4, 0.5) is 4.39 Å². The second-order valence-electron chi connectivity index (χ2n) is 4.97. The van der Waals surface area contributed by atoms with Gasteiger partial charge in [-0.15, -0.1) is 0 Å². The molecule has 0 atom stereocenters. The van der Waals surface area contributed by atoms with Gasteiger partial charge in [0.15, 0.2) is 0 Å². The van der Waals surface area contributed by atoms with Gasteiger partial charge in [-0.05, 0) is 18.1 Å². The van der Waals surface area contributed by atoms with Crippen molar-refractivity contribution >= 4 is 0 Å². The fraction of sp³-hybridized carbons (Fsp3) is 0.583. The van der Waals surface area contributed by atoms with Gasteiger partial charge in [0.25, 0.3) is 0 Å². The van der Waals surface area contributed by atoms with Crippen molar-refractivity contribution in [3.05, 3.63) is 29.3 Å². The van der Waals surface area contributed by atoms with Crippen molar-refractivity contribution in [1.29, 1.82) is 0 Å². The van der Waals surface area contributed by atoms with Gasteiger partial charge in [0, 0.05) is 11.1 Å². The van der Waals surface area contributed by atoms with Gasteiger partial charge < -0.3 is 0 Å². The quantitative estimate of drug-likeness (QED) is 0.666. The lowest BCUT2D eigenvalue weighted by molar-refractivity contribution is 0.498. The van der Waals surface area contributed by atoms with Crippen LogP contribution in [0.25, 0.3) is 0 Å². The van der Waals surface area contributed by atoms with Crippen LogP contribution in [0.1, 0.15) is 51.9 Å². The van der Waals surface area contributed by atoms with Crippen LogP contribution in [-0.4, -0.2) is 4.98 Å². The molecule has 0 unspecified atom stereocenters. The highest BCUT2D eigenvalue weighted by atomic mass is 19.1. The largest absolute Gasteiger partial charge is 0.254 e. The molecule has 0 spiro atoms. The summed E-state index contributed by atoms with van der Waals surface area (Å²) in [5, 5.41) is 0. The molecule has 0 aliphatic carbocycles. The number of pyridine rings is 1. The molecule has 0 aromatic carbocycles. The maximum Gasteiger partial charge on any atom is 0.145 e. The summed E-state index contributed by atoms with van der Waals surface area (Å²) in [6, 6.07) is 3.28. The molecule has 1 rings (SSSR count). The van der Waals surface area contributed by atoms with E-state index in [1.807, 2.05) is 20.8 Å². The van der Waals surface area contributed by atoms with Gasteiger partial charge in [0.1, 0.15) is 5.82 Å². The van der Waals surface area contributed by atoms with Crippen LogP contribution in [0.5, 0.6) is 0 Å². The Morgan fingerprint density at radius 1 is 1.21 bits per heavy atom. The molecule has 0 aliphatic heterocycles. The zero-order chi connectivity index (χ0) is 10.9. The summed E-state index contributed by atoms with van der Waals surface area (Å²) in [6.45, 7) is 10.0. The molecule has 1 nitrogen and oxygen atoms in total. The third kappa shape index (κ3) is 2.31. The van der Waals surface area contributed by atoms with Gasteiger partial charge in [-0.1, -0.05) is 34.6 Å². The maximum absolute atomic E-state index is 13.5. The SMILES string of the molecule is CC(C)c1ccc(F)c(C(C)(C)C)n1. The van der Waals surface area contributed by atoms with Gasteiger partial charge in [0.2, 0.25) is 0 Å². The Kier molecular flexibility index (Phi) is 2.93. The predicted molar refractivity (Wildman–Crippen MR) is 57.0 cm³/mol. The summed E-state index contributed by atoms with van der Waals surface area (Å²) in [6.07, 6.45) is 0. The van der Waals surface area contributed by atoms with E-state index in [9.17, 15) is 4.39 Å². The molecule has 2 heteroatoms. The van der Waals surface area contributed by atoms with Crippen LogP contribution >= 0.6 is 0 Å². The molecule has 0 saturated carbocycles. The van der Waals surface area contributed by atoms with Crippen molar-refractivity contribution in [3.8, 4) is 0 Å². The molecule has 0 fully saturated rings. The van der Waals surface area contributed by atoms with E-state index in [2.05, 4.69) is 18.8 Å². The Labute approximate surface area is 85.4 Å². The molecule has 0 saturated heterocycles. The molecular formula is C12H18FN. The lowest BCUT2D eigenvalue weighted by Gasteiger charge is -2.19. The first-order valence-electron chi connectivity index (χ1n) is 4.99. The first-order chi connectivity index (χ1) is 6.32. The fourth-order valence-electron chi connectivity index (χ4n) is 1.30. The van der Waals surface area contributed by atoms with E-state index >= 15 is 0 Å². The second-order valence-corrected chi connectivity index (χ2v) is 4.97. The maximum atomic E-state index is 13.5. The van der Waals surface area contributed by atoms with Gasteiger partial charge in [-0.2, -0.15) is 0 Å². The lowest BCUT2D eigenvalue weighted by Crippen LogP contribution is -2.17. The zero-order valence-corrected chi connectivity index (χ0v) is 9.56. The third-order valence-electron chi connectivity index (χ3n) is 2.17. The molecule has 14 heavy (non-hydrogen) atoms.